The Morgan fingerprint density at radius 1 is 1.60 bits per heavy atom. The summed E-state index contributed by atoms with van der Waals surface area (Å²) in [5.74, 6) is 0. The summed E-state index contributed by atoms with van der Waals surface area (Å²) in [5, 5.41) is 0. The van der Waals surface area contributed by atoms with Crippen LogP contribution in [0.5, 0.6) is 0 Å². The molecule has 0 spiro atoms. The predicted octanol–water partition coefficient (Wildman–Crippen LogP) is 2.57. The molecule has 1 atom stereocenters. The van der Waals surface area contributed by atoms with Gasteiger partial charge in [-0.1, -0.05) is 13.3 Å². The summed E-state index contributed by atoms with van der Waals surface area (Å²) in [6.45, 7) is 7.05. The molecule has 1 nitrogen and oxygen atoms in total. The molecular weight excluding hydrogens is 148 g/mol. The smallest absolute Gasteiger partial charge is 0.110 e. The van der Waals surface area contributed by atoms with Gasteiger partial charge in [-0.15, -0.1) is 11.6 Å². The zero-order valence-electron chi connectivity index (χ0n) is 6.91. The van der Waals surface area contributed by atoms with Crippen molar-refractivity contribution in [2.24, 2.45) is 0 Å². The summed E-state index contributed by atoms with van der Waals surface area (Å²) < 4.78 is 5.37. The third-order valence-electron chi connectivity index (χ3n) is 2.23. The third kappa shape index (κ3) is 1.30. The van der Waals surface area contributed by atoms with Gasteiger partial charge < -0.3 is 4.74 Å². The zero-order chi connectivity index (χ0) is 7.83. The van der Waals surface area contributed by atoms with Crippen LogP contribution in [0.25, 0.3) is 0 Å². The topological polar surface area (TPSA) is 12.5 Å². The lowest BCUT2D eigenvalue weighted by Gasteiger charge is -2.24. The van der Waals surface area contributed by atoms with E-state index in [-0.39, 0.29) is 10.5 Å². The SMILES string of the molecule is CCCC1(C(C)(C)Cl)CO1. The lowest BCUT2D eigenvalue weighted by atomic mass is 9.91. The van der Waals surface area contributed by atoms with Crippen LogP contribution >= 0.6 is 11.6 Å². The second-order valence-corrected chi connectivity index (χ2v) is 4.45. The van der Waals surface area contributed by atoms with E-state index in [4.69, 9.17) is 16.3 Å². The second kappa shape index (κ2) is 2.38. The molecule has 0 radical (unpaired) electrons. The van der Waals surface area contributed by atoms with Crippen LogP contribution in [0.2, 0.25) is 0 Å². The minimum atomic E-state index is -0.191. The van der Waals surface area contributed by atoms with Crippen molar-refractivity contribution in [2.75, 3.05) is 6.61 Å². The first kappa shape index (κ1) is 8.35. The minimum absolute atomic E-state index is 0.00328. The van der Waals surface area contributed by atoms with Crippen molar-refractivity contribution in [1.29, 1.82) is 0 Å². The van der Waals surface area contributed by atoms with Crippen LogP contribution in [0.15, 0.2) is 0 Å². The molecule has 60 valence electrons. The first-order chi connectivity index (χ1) is 4.52. The molecule has 0 aromatic carbocycles. The standard InChI is InChI=1S/C8H15ClO/c1-4-5-8(6-10-8)7(2,3)9/h4-6H2,1-3H3. The highest BCUT2D eigenvalue weighted by molar-refractivity contribution is 6.24. The largest absolute Gasteiger partial charge is 0.368 e. The van der Waals surface area contributed by atoms with Gasteiger partial charge in [-0.05, 0) is 20.3 Å². The lowest BCUT2D eigenvalue weighted by molar-refractivity contribution is 0.241. The fourth-order valence-electron chi connectivity index (χ4n) is 1.28. The molecule has 0 aromatic rings. The molecule has 1 unspecified atom stereocenters. The van der Waals surface area contributed by atoms with Crippen LogP contribution in [0.4, 0.5) is 0 Å². The molecule has 0 saturated carbocycles. The van der Waals surface area contributed by atoms with Crippen molar-refractivity contribution in [2.45, 2.75) is 44.1 Å². The quantitative estimate of drug-likeness (QED) is 0.459. The molecule has 1 aliphatic heterocycles. The molecule has 2 heteroatoms. The number of epoxide rings is 1. The van der Waals surface area contributed by atoms with Gasteiger partial charge in [0.2, 0.25) is 0 Å². The summed E-state index contributed by atoms with van der Waals surface area (Å²) in [6, 6.07) is 0. The number of hydrogen-bond donors (Lipinski definition) is 0. The zero-order valence-corrected chi connectivity index (χ0v) is 7.66. The second-order valence-electron chi connectivity index (χ2n) is 3.51. The van der Waals surface area contributed by atoms with E-state index in [9.17, 15) is 0 Å². The van der Waals surface area contributed by atoms with Gasteiger partial charge in [-0.25, -0.2) is 0 Å². The number of halogens is 1. The Morgan fingerprint density at radius 2 is 2.10 bits per heavy atom. The fraction of sp³-hybridized carbons (Fsp3) is 1.00. The minimum Gasteiger partial charge on any atom is -0.368 e. The van der Waals surface area contributed by atoms with Crippen LogP contribution in [-0.4, -0.2) is 17.1 Å². The molecule has 0 aromatic heterocycles. The van der Waals surface area contributed by atoms with Gasteiger partial charge in [-0.3, -0.25) is 0 Å². The molecule has 1 saturated heterocycles. The summed E-state index contributed by atoms with van der Waals surface area (Å²) >= 11 is 6.14. The first-order valence-corrected chi connectivity index (χ1v) is 4.22. The van der Waals surface area contributed by atoms with Crippen LogP contribution in [0, 0.1) is 0 Å². The molecular formula is C8H15ClO. The Labute approximate surface area is 67.7 Å². The first-order valence-electron chi connectivity index (χ1n) is 3.85. The highest BCUT2D eigenvalue weighted by Gasteiger charge is 2.54. The van der Waals surface area contributed by atoms with Gasteiger partial charge in [-0.2, -0.15) is 0 Å². The van der Waals surface area contributed by atoms with E-state index in [1.54, 1.807) is 0 Å². The monoisotopic (exact) mass is 162 g/mol. The third-order valence-corrected chi connectivity index (χ3v) is 2.57. The number of alkyl halides is 1. The molecule has 0 N–H and O–H groups in total. The van der Waals surface area contributed by atoms with E-state index >= 15 is 0 Å². The maximum absolute atomic E-state index is 6.14. The maximum atomic E-state index is 6.14. The van der Waals surface area contributed by atoms with E-state index < -0.39 is 0 Å². The van der Waals surface area contributed by atoms with Crippen LogP contribution in [0.1, 0.15) is 33.6 Å². The predicted molar refractivity (Wildman–Crippen MR) is 43.5 cm³/mol. The highest BCUT2D eigenvalue weighted by atomic mass is 35.5. The molecule has 0 amide bonds. The fourth-order valence-corrected chi connectivity index (χ4v) is 1.48. The summed E-state index contributed by atoms with van der Waals surface area (Å²) in [6.07, 6.45) is 2.24. The van der Waals surface area contributed by atoms with E-state index in [0.717, 1.165) is 19.4 Å². The Kier molecular flexibility index (Phi) is 1.99. The number of hydrogen-bond acceptors (Lipinski definition) is 1. The molecule has 1 aliphatic rings. The number of ether oxygens (including phenoxy) is 1. The van der Waals surface area contributed by atoms with Crippen molar-refractivity contribution in [3.05, 3.63) is 0 Å². The van der Waals surface area contributed by atoms with E-state index in [1.807, 2.05) is 13.8 Å². The van der Waals surface area contributed by atoms with Crippen molar-refractivity contribution in [3.8, 4) is 0 Å². The van der Waals surface area contributed by atoms with Crippen molar-refractivity contribution in [3.63, 3.8) is 0 Å². The molecule has 10 heavy (non-hydrogen) atoms. The highest BCUT2D eigenvalue weighted by Crippen LogP contribution is 2.45. The van der Waals surface area contributed by atoms with Gasteiger partial charge in [0.1, 0.15) is 5.60 Å². The van der Waals surface area contributed by atoms with E-state index in [0.29, 0.717) is 0 Å². The summed E-state index contributed by atoms with van der Waals surface area (Å²) in [7, 11) is 0. The average Bonchev–Trinajstić information content (AvgIpc) is 2.45. The van der Waals surface area contributed by atoms with Crippen molar-refractivity contribution >= 4 is 11.6 Å². The van der Waals surface area contributed by atoms with Crippen molar-refractivity contribution in [1.82, 2.24) is 0 Å². The van der Waals surface area contributed by atoms with Gasteiger partial charge in [0, 0.05) is 0 Å². The molecule has 1 fully saturated rings. The summed E-state index contributed by atoms with van der Waals surface area (Å²) in [5.41, 5.74) is 0.00328. The Morgan fingerprint density at radius 3 is 2.20 bits per heavy atom. The van der Waals surface area contributed by atoms with E-state index in [2.05, 4.69) is 6.92 Å². The lowest BCUT2D eigenvalue weighted by Crippen LogP contribution is -2.34. The maximum Gasteiger partial charge on any atom is 0.110 e. The van der Waals surface area contributed by atoms with Crippen molar-refractivity contribution < 1.29 is 4.74 Å². The normalized spacial score (nSPS) is 32.4. The van der Waals surface area contributed by atoms with E-state index in [1.165, 1.54) is 0 Å². The average molecular weight is 163 g/mol. The van der Waals surface area contributed by atoms with Crippen LogP contribution < -0.4 is 0 Å². The van der Waals surface area contributed by atoms with Gasteiger partial charge in [0.25, 0.3) is 0 Å². The van der Waals surface area contributed by atoms with Crippen LogP contribution in [0.3, 0.4) is 0 Å². The Bertz CT molecular complexity index is 122. The van der Waals surface area contributed by atoms with Gasteiger partial charge >= 0.3 is 0 Å². The Hall–Kier alpha value is 0.250. The molecule has 1 rings (SSSR count). The molecule has 1 heterocycles. The van der Waals surface area contributed by atoms with Gasteiger partial charge in [0.15, 0.2) is 0 Å². The van der Waals surface area contributed by atoms with Gasteiger partial charge in [0.05, 0.1) is 11.5 Å². The molecule has 0 aliphatic carbocycles. The number of rotatable bonds is 3. The molecule has 0 bridgehead atoms. The Balaban J connectivity index is 2.52. The summed E-state index contributed by atoms with van der Waals surface area (Å²) in [4.78, 5) is -0.191. The van der Waals surface area contributed by atoms with Crippen LogP contribution in [-0.2, 0) is 4.74 Å².